The zero-order chi connectivity index (χ0) is 18.7. The van der Waals surface area contributed by atoms with Gasteiger partial charge >= 0.3 is 0 Å². The first-order valence-electron chi connectivity index (χ1n) is 9.24. The van der Waals surface area contributed by atoms with Gasteiger partial charge in [0.25, 0.3) is 0 Å². The molecule has 1 heterocycles. The van der Waals surface area contributed by atoms with Gasteiger partial charge < -0.3 is 4.90 Å². The third-order valence-corrected chi connectivity index (χ3v) is 5.14. The second kappa shape index (κ2) is 7.43. The predicted molar refractivity (Wildman–Crippen MR) is 114 cm³/mol. The van der Waals surface area contributed by atoms with Gasteiger partial charge in [-0.3, -0.25) is 0 Å². The van der Waals surface area contributed by atoms with Gasteiger partial charge in [0.15, 0.2) is 12.3 Å². The molecule has 0 fully saturated rings. The van der Waals surface area contributed by atoms with Crippen LogP contribution in [-0.2, 0) is 5.41 Å². The van der Waals surface area contributed by atoms with Crippen molar-refractivity contribution in [2.75, 3.05) is 27.2 Å². The van der Waals surface area contributed by atoms with Crippen LogP contribution >= 0.6 is 0 Å². The van der Waals surface area contributed by atoms with Gasteiger partial charge in [-0.15, -0.1) is 0 Å². The summed E-state index contributed by atoms with van der Waals surface area (Å²) in [7, 11) is 4.26. The van der Waals surface area contributed by atoms with Crippen molar-refractivity contribution >= 4 is 22.2 Å². The van der Waals surface area contributed by atoms with Gasteiger partial charge in [-0.1, -0.05) is 55.1 Å². The molecule has 0 aliphatic carbocycles. The Bertz CT molecular complexity index is 911. The van der Waals surface area contributed by atoms with Crippen LogP contribution in [0.15, 0.2) is 73.4 Å². The number of hydrogen-bond donors (Lipinski definition) is 0. The Morgan fingerprint density at radius 3 is 2.54 bits per heavy atom. The molecule has 3 rings (SSSR count). The number of fused-ring (bicyclic) bond motifs is 3. The lowest BCUT2D eigenvalue weighted by Crippen LogP contribution is -2.30. The van der Waals surface area contributed by atoms with E-state index in [2.05, 4.69) is 92.5 Å². The summed E-state index contributed by atoms with van der Waals surface area (Å²) >= 11 is 0. The number of nitrogens with zero attached hydrogens (tertiary/aromatic N) is 2. The number of rotatable bonds is 6. The molecule has 0 unspecified atom stereocenters. The van der Waals surface area contributed by atoms with Gasteiger partial charge in [0.1, 0.15) is 0 Å². The lowest BCUT2D eigenvalue weighted by molar-refractivity contribution is -0.437. The zero-order valence-corrected chi connectivity index (χ0v) is 16.4. The SMILES string of the molecule is C=C/C=C/C=C/C1=[N+](CCN(C)C)c2ccc3ccccc3c2C1(C)C. The highest BCUT2D eigenvalue weighted by molar-refractivity contribution is 6.07. The number of likely N-dealkylation sites (N-methyl/N-ethyl adjacent to an activating group) is 1. The molecule has 1 aliphatic rings. The lowest BCUT2D eigenvalue weighted by Gasteiger charge is -2.17. The quantitative estimate of drug-likeness (QED) is 0.523. The van der Waals surface area contributed by atoms with Crippen molar-refractivity contribution in [1.29, 1.82) is 0 Å². The van der Waals surface area contributed by atoms with Crippen LogP contribution in [0.5, 0.6) is 0 Å². The van der Waals surface area contributed by atoms with E-state index >= 15 is 0 Å². The highest BCUT2D eigenvalue weighted by Crippen LogP contribution is 2.44. The molecule has 134 valence electrons. The van der Waals surface area contributed by atoms with E-state index in [1.807, 2.05) is 12.2 Å². The van der Waals surface area contributed by atoms with E-state index in [-0.39, 0.29) is 5.41 Å². The van der Waals surface area contributed by atoms with Crippen LogP contribution in [-0.4, -0.2) is 42.4 Å². The highest BCUT2D eigenvalue weighted by atomic mass is 15.1. The van der Waals surface area contributed by atoms with E-state index in [4.69, 9.17) is 0 Å². The van der Waals surface area contributed by atoms with Gasteiger partial charge in [0, 0.05) is 17.7 Å². The Morgan fingerprint density at radius 1 is 1.04 bits per heavy atom. The monoisotopic (exact) mass is 345 g/mol. The molecular formula is C24H29N2+. The van der Waals surface area contributed by atoms with Crippen LogP contribution in [0.25, 0.3) is 10.8 Å². The average Bonchev–Trinajstić information content (AvgIpc) is 2.84. The van der Waals surface area contributed by atoms with Crippen molar-refractivity contribution < 1.29 is 4.58 Å². The molecule has 0 saturated carbocycles. The van der Waals surface area contributed by atoms with Gasteiger partial charge in [-0.05, 0) is 44.8 Å². The molecule has 0 saturated heterocycles. The maximum atomic E-state index is 3.75. The van der Waals surface area contributed by atoms with E-state index in [1.165, 1.54) is 27.7 Å². The molecule has 0 radical (unpaired) electrons. The Morgan fingerprint density at radius 2 is 1.81 bits per heavy atom. The molecule has 2 aromatic carbocycles. The summed E-state index contributed by atoms with van der Waals surface area (Å²) in [6.07, 6.45) is 10.2. The van der Waals surface area contributed by atoms with E-state index in [0.29, 0.717) is 0 Å². The molecule has 0 amide bonds. The summed E-state index contributed by atoms with van der Waals surface area (Å²) in [5.41, 5.74) is 4.07. The minimum atomic E-state index is -0.0406. The van der Waals surface area contributed by atoms with Gasteiger partial charge in [-0.2, -0.15) is 4.58 Å². The molecule has 0 spiro atoms. The first-order valence-corrected chi connectivity index (χ1v) is 9.24. The minimum Gasteiger partial charge on any atom is -0.303 e. The van der Waals surface area contributed by atoms with Crippen LogP contribution in [0.3, 0.4) is 0 Å². The van der Waals surface area contributed by atoms with E-state index in [1.54, 1.807) is 6.08 Å². The van der Waals surface area contributed by atoms with Crippen molar-refractivity contribution in [3.8, 4) is 0 Å². The van der Waals surface area contributed by atoms with Gasteiger partial charge in [0.05, 0.1) is 12.0 Å². The molecule has 0 bridgehead atoms. The van der Waals surface area contributed by atoms with Crippen molar-refractivity contribution in [3.05, 3.63) is 78.9 Å². The predicted octanol–water partition coefficient (Wildman–Crippen LogP) is 5.08. The second-order valence-corrected chi connectivity index (χ2v) is 7.63. The summed E-state index contributed by atoms with van der Waals surface area (Å²) in [5, 5.41) is 2.67. The molecule has 2 aromatic rings. The minimum absolute atomic E-state index is 0.0406. The van der Waals surface area contributed by atoms with Crippen LogP contribution in [0.1, 0.15) is 19.4 Å². The maximum absolute atomic E-state index is 3.75. The molecule has 1 aliphatic heterocycles. The molecule has 0 atom stereocenters. The standard InChI is InChI=1S/C24H29N2/c1-6-7-8-9-14-22-24(2,3)23-20-13-11-10-12-19(20)15-16-21(23)26(22)18-17-25(4)5/h6-16H,1,17-18H2,2-5H3/q+1/b8-7+,14-9+. The Balaban J connectivity index is 2.18. The largest absolute Gasteiger partial charge is 0.303 e. The van der Waals surface area contributed by atoms with Crippen molar-refractivity contribution in [1.82, 2.24) is 4.90 Å². The summed E-state index contributed by atoms with van der Waals surface area (Å²) in [5.74, 6) is 0. The number of allylic oxidation sites excluding steroid dienone is 5. The van der Waals surface area contributed by atoms with Crippen LogP contribution in [0.2, 0.25) is 0 Å². The normalized spacial score (nSPS) is 16.3. The molecular weight excluding hydrogens is 316 g/mol. The van der Waals surface area contributed by atoms with Crippen molar-refractivity contribution in [2.45, 2.75) is 19.3 Å². The first-order chi connectivity index (χ1) is 12.5. The fourth-order valence-electron chi connectivity index (χ4n) is 3.87. The second-order valence-electron chi connectivity index (χ2n) is 7.63. The van der Waals surface area contributed by atoms with Gasteiger partial charge in [0.2, 0.25) is 5.69 Å². The molecule has 2 heteroatoms. The summed E-state index contributed by atoms with van der Waals surface area (Å²) in [6.45, 7) is 10.4. The molecule has 0 N–H and O–H groups in total. The summed E-state index contributed by atoms with van der Waals surface area (Å²) < 4.78 is 2.49. The van der Waals surface area contributed by atoms with E-state index < -0.39 is 0 Å². The highest BCUT2D eigenvalue weighted by Gasteiger charge is 2.45. The summed E-state index contributed by atoms with van der Waals surface area (Å²) in [6, 6.07) is 13.3. The molecule has 2 nitrogen and oxygen atoms in total. The Kier molecular flexibility index (Phi) is 5.24. The topological polar surface area (TPSA) is 6.25 Å². The third kappa shape index (κ3) is 3.30. The van der Waals surface area contributed by atoms with Crippen LogP contribution in [0, 0.1) is 0 Å². The molecule has 26 heavy (non-hydrogen) atoms. The van der Waals surface area contributed by atoms with Crippen LogP contribution < -0.4 is 0 Å². The summed E-state index contributed by atoms with van der Waals surface area (Å²) in [4.78, 5) is 2.24. The smallest absolute Gasteiger partial charge is 0.210 e. The zero-order valence-electron chi connectivity index (χ0n) is 16.4. The Labute approximate surface area is 157 Å². The fraction of sp³-hybridized carbons (Fsp3) is 0.292. The van der Waals surface area contributed by atoms with E-state index in [9.17, 15) is 0 Å². The van der Waals surface area contributed by atoms with Gasteiger partial charge in [-0.25, -0.2) is 0 Å². The van der Waals surface area contributed by atoms with Crippen molar-refractivity contribution in [2.24, 2.45) is 0 Å². The lowest BCUT2D eigenvalue weighted by atomic mass is 9.79. The van der Waals surface area contributed by atoms with Crippen molar-refractivity contribution in [3.63, 3.8) is 0 Å². The first kappa shape index (κ1) is 18.3. The average molecular weight is 346 g/mol. The number of hydrogen-bond acceptors (Lipinski definition) is 1. The third-order valence-electron chi connectivity index (χ3n) is 5.14. The maximum Gasteiger partial charge on any atom is 0.210 e. The number of benzene rings is 2. The van der Waals surface area contributed by atoms with Crippen LogP contribution in [0.4, 0.5) is 5.69 Å². The fourth-order valence-corrected chi connectivity index (χ4v) is 3.87. The Hall–Kier alpha value is -2.45. The molecule has 0 aromatic heterocycles. The van der Waals surface area contributed by atoms with E-state index in [0.717, 1.165) is 13.1 Å².